The molecular formula is C18H27N3O. The van der Waals surface area contributed by atoms with Crippen LogP contribution in [0.3, 0.4) is 0 Å². The normalized spacial score (nSPS) is 18.9. The van der Waals surface area contributed by atoms with E-state index in [1.807, 2.05) is 18.3 Å². The zero-order chi connectivity index (χ0) is 15.9. The van der Waals surface area contributed by atoms with E-state index in [1.54, 1.807) is 6.92 Å². The van der Waals surface area contributed by atoms with E-state index in [2.05, 4.69) is 35.1 Å². The highest BCUT2D eigenvalue weighted by Gasteiger charge is 2.19. The zero-order valence-corrected chi connectivity index (χ0v) is 13.9. The van der Waals surface area contributed by atoms with Crippen molar-refractivity contribution in [3.8, 4) is 0 Å². The monoisotopic (exact) mass is 301 g/mol. The van der Waals surface area contributed by atoms with Crippen LogP contribution in [0, 0.1) is 0 Å². The standard InChI is InChI=1S/C18H27N3O/c1-4-6-16-17(8-5-7-15(3)22)20-10-9-18(16)21-12-11-19-14(2)13-21/h5,8-10,14,19H,4,6-7,11-13H2,1-3H3/b8-5+/t14-/m0/s1. The number of carbonyl (C=O) groups is 1. The molecule has 0 unspecified atom stereocenters. The van der Waals surface area contributed by atoms with Crippen molar-refractivity contribution < 1.29 is 4.79 Å². The molecule has 0 spiro atoms. The minimum Gasteiger partial charge on any atom is -0.368 e. The third-order valence-electron chi connectivity index (χ3n) is 3.95. The average molecular weight is 301 g/mol. The number of hydrogen-bond acceptors (Lipinski definition) is 4. The van der Waals surface area contributed by atoms with Crippen molar-refractivity contribution in [3.63, 3.8) is 0 Å². The third-order valence-corrected chi connectivity index (χ3v) is 3.95. The number of anilines is 1. The Balaban J connectivity index is 2.28. The number of Topliss-reactive ketones (excluding diaryl/α,β-unsaturated/α-hetero) is 1. The number of piperazine rings is 1. The summed E-state index contributed by atoms with van der Waals surface area (Å²) in [4.78, 5) is 18.1. The van der Waals surface area contributed by atoms with Crippen LogP contribution in [0.15, 0.2) is 18.3 Å². The Bertz CT molecular complexity index is 539. The van der Waals surface area contributed by atoms with Crippen molar-refractivity contribution in [2.75, 3.05) is 24.5 Å². The van der Waals surface area contributed by atoms with Crippen molar-refractivity contribution in [2.45, 2.75) is 46.1 Å². The van der Waals surface area contributed by atoms with Gasteiger partial charge in [0.15, 0.2) is 0 Å². The van der Waals surface area contributed by atoms with Crippen molar-refractivity contribution in [3.05, 3.63) is 29.6 Å². The van der Waals surface area contributed by atoms with E-state index in [0.717, 1.165) is 38.2 Å². The molecule has 2 heterocycles. The molecule has 0 radical (unpaired) electrons. The van der Waals surface area contributed by atoms with E-state index in [9.17, 15) is 4.79 Å². The lowest BCUT2D eigenvalue weighted by Crippen LogP contribution is -2.49. The topological polar surface area (TPSA) is 45.2 Å². The van der Waals surface area contributed by atoms with E-state index in [4.69, 9.17) is 0 Å². The maximum atomic E-state index is 11.1. The number of hydrogen-bond donors (Lipinski definition) is 1. The summed E-state index contributed by atoms with van der Waals surface area (Å²) >= 11 is 0. The number of ketones is 1. The molecule has 0 aromatic carbocycles. The predicted molar refractivity (Wildman–Crippen MR) is 92.2 cm³/mol. The summed E-state index contributed by atoms with van der Waals surface area (Å²) in [6.07, 6.45) is 8.39. The first kappa shape index (κ1) is 16.7. The molecule has 0 bridgehead atoms. The zero-order valence-electron chi connectivity index (χ0n) is 13.9. The molecule has 1 aliphatic rings. The van der Waals surface area contributed by atoms with E-state index >= 15 is 0 Å². The number of allylic oxidation sites excluding steroid dienone is 1. The van der Waals surface area contributed by atoms with Crippen LogP contribution in [0.5, 0.6) is 0 Å². The molecular weight excluding hydrogens is 274 g/mol. The Morgan fingerprint density at radius 1 is 1.55 bits per heavy atom. The first-order valence-corrected chi connectivity index (χ1v) is 8.24. The molecule has 22 heavy (non-hydrogen) atoms. The Hall–Kier alpha value is -1.68. The Morgan fingerprint density at radius 3 is 3.05 bits per heavy atom. The Labute approximate surface area is 133 Å². The van der Waals surface area contributed by atoms with Gasteiger partial charge in [-0.25, -0.2) is 0 Å². The lowest BCUT2D eigenvalue weighted by Gasteiger charge is -2.35. The van der Waals surface area contributed by atoms with Gasteiger partial charge >= 0.3 is 0 Å². The summed E-state index contributed by atoms with van der Waals surface area (Å²) in [5, 5.41) is 3.49. The maximum absolute atomic E-state index is 11.1. The van der Waals surface area contributed by atoms with Crippen LogP contribution >= 0.6 is 0 Å². The van der Waals surface area contributed by atoms with Crippen LogP contribution in [0.2, 0.25) is 0 Å². The van der Waals surface area contributed by atoms with Crippen LogP contribution in [0.4, 0.5) is 5.69 Å². The summed E-state index contributed by atoms with van der Waals surface area (Å²) in [6.45, 7) is 9.10. The number of pyridine rings is 1. The smallest absolute Gasteiger partial charge is 0.133 e. The van der Waals surface area contributed by atoms with E-state index in [0.29, 0.717) is 12.5 Å². The van der Waals surface area contributed by atoms with Crippen LogP contribution in [-0.2, 0) is 11.2 Å². The highest BCUT2D eigenvalue weighted by molar-refractivity contribution is 5.78. The molecule has 4 nitrogen and oxygen atoms in total. The maximum Gasteiger partial charge on any atom is 0.133 e. The summed E-state index contributed by atoms with van der Waals surface area (Å²) in [7, 11) is 0. The van der Waals surface area contributed by atoms with Gasteiger partial charge in [-0.3, -0.25) is 9.78 Å². The van der Waals surface area contributed by atoms with E-state index in [-0.39, 0.29) is 5.78 Å². The van der Waals surface area contributed by atoms with Crippen LogP contribution in [-0.4, -0.2) is 36.4 Å². The van der Waals surface area contributed by atoms with Gasteiger partial charge in [0.25, 0.3) is 0 Å². The van der Waals surface area contributed by atoms with Crippen molar-refractivity contribution in [1.29, 1.82) is 0 Å². The van der Waals surface area contributed by atoms with E-state index in [1.165, 1.54) is 11.3 Å². The second-order valence-corrected chi connectivity index (χ2v) is 6.05. The number of carbonyl (C=O) groups excluding carboxylic acids is 1. The summed E-state index contributed by atoms with van der Waals surface area (Å²) in [5.41, 5.74) is 3.61. The second-order valence-electron chi connectivity index (χ2n) is 6.05. The molecule has 4 heteroatoms. The van der Waals surface area contributed by atoms with Gasteiger partial charge in [-0.15, -0.1) is 0 Å². The summed E-state index contributed by atoms with van der Waals surface area (Å²) < 4.78 is 0. The lowest BCUT2D eigenvalue weighted by atomic mass is 10.0. The van der Waals surface area contributed by atoms with Gasteiger partial charge in [-0.1, -0.05) is 19.4 Å². The molecule has 2 rings (SSSR count). The van der Waals surface area contributed by atoms with Gasteiger partial charge in [-0.05, 0) is 32.4 Å². The van der Waals surface area contributed by atoms with E-state index < -0.39 is 0 Å². The molecule has 1 fully saturated rings. The number of rotatable bonds is 6. The number of nitrogens with one attached hydrogen (secondary N) is 1. The molecule has 1 saturated heterocycles. The molecule has 1 N–H and O–H groups in total. The number of nitrogens with zero attached hydrogens (tertiary/aromatic N) is 2. The summed E-state index contributed by atoms with van der Waals surface area (Å²) in [5.74, 6) is 0.181. The first-order chi connectivity index (χ1) is 10.6. The third kappa shape index (κ3) is 4.41. The highest BCUT2D eigenvalue weighted by atomic mass is 16.1. The SMILES string of the molecule is CCCc1c(N2CCN[C@@H](C)C2)ccnc1/C=C/CC(C)=O. The minimum atomic E-state index is 0.181. The van der Waals surface area contributed by atoms with Gasteiger partial charge in [-0.2, -0.15) is 0 Å². The highest BCUT2D eigenvalue weighted by Crippen LogP contribution is 2.26. The molecule has 0 amide bonds. The first-order valence-electron chi connectivity index (χ1n) is 8.24. The molecule has 1 aromatic heterocycles. The fourth-order valence-corrected chi connectivity index (χ4v) is 2.93. The van der Waals surface area contributed by atoms with Gasteiger partial charge in [0.2, 0.25) is 0 Å². The fourth-order valence-electron chi connectivity index (χ4n) is 2.93. The Kier molecular flexibility index (Phi) is 6.13. The lowest BCUT2D eigenvalue weighted by molar-refractivity contribution is -0.116. The van der Waals surface area contributed by atoms with Crippen LogP contribution in [0.25, 0.3) is 6.08 Å². The number of aromatic nitrogens is 1. The average Bonchev–Trinajstić information content (AvgIpc) is 2.48. The summed E-state index contributed by atoms with van der Waals surface area (Å²) in [6, 6.07) is 2.64. The second kappa shape index (κ2) is 8.08. The molecule has 1 aromatic rings. The molecule has 1 atom stereocenters. The van der Waals surface area contributed by atoms with Gasteiger partial charge in [0, 0.05) is 49.5 Å². The van der Waals surface area contributed by atoms with Crippen LogP contribution < -0.4 is 10.2 Å². The Morgan fingerprint density at radius 2 is 2.36 bits per heavy atom. The van der Waals surface area contributed by atoms with Crippen molar-refractivity contribution >= 4 is 17.5 Å². The van der Waals surface area contributed by atoms with Crippen molar-refractivity contribution in [2.24, 2.45) is 0 Å². The van der Waals surface area contributed by atoms with Crippen molar-refractivity contribution in [1.82, 2.24) is 10.3 Å². The fraction of sp³-hybridized carbons (Fsp3) is 0.556. The molecule has 0 aliphatic carbocycles. The quantitative estimate of drug-likeness (QED) is 0.877. The van der Waals surface area contributed by atoms with Gasteiger partial charge in [0.1, 0.15) is 5.78 Å². The molecule has 0 saturated carbocycles. The largest absolute Gasteiger partial charge is 0.368 e. The van der Waals surface area contributed by atoms with Crippen LogP contribution in [0.1, 0.15) is 44.9 Å². The van der Waals surface area contributed by atoms with Gasteiger partial charge < -0.3 is 10.2 Å². The predicted octanol–water partition coefficient (Wildman–Crippen LogP) is 2.82. The molecule has 120 valence electrons. The van der Waals surface area contributed by atoms with Gasteiger partial charge in [0.05, 0.1) is 5.69 Å². The minimum absolute atomic E-state index is 0.181. The molecule has 1 aliphatic heterocycles.